The van der Waals surface area contributed by atoms with Gasteiger partial charge in [-0.1, -0.05) is 79.4 Å². The minimum absolute atomic E-state index is 0.288. The van der Waals surface area contributed by atoms with E-state index in [1.165, 1.54) is 0 Å². The normalized spacial score (nSPS) is 15.7. The predicted octanol–water partition coefficient (Wildman–Crippen LogP) is 9.00. The Morgan fingerprint density at radius 3 is 1.02 bits per heavy atom. The summed E-state index contributed by atoms with van der Waals surface area (Å²) in [5.41, 5.74) is 5.77. The molecule has 0 fully saturated rings. The van der Waals surface area contributed by atoms with E-state index in [2.05, 4.69) is 32.9 Å². The molecule has 5 aromatic carbocycles. The summed E-state index contributed by atoms with van der Waals surface area (Å²) in [4.78, 5) is 0. The van der Waals surface area contributed by atoms with Crippen LogP contribution in [0.2, 0.25) is 0 Å². The fraction of sp³-hybridized carbons (Fsp3) is 0.250. The first kappa shape index (κ1) is 28.4. The van der Waals surface area contributed by atoms with Gasteiger partial charge in [-0.2, -0.15) is 0 Å². The van der Waals surface area contributed by atoms with Gasteiger partial charge < -0.3 is 19.7 Å². The summed E-state index contributed by atoms with van der Waals surface area (Å²) in [7, 11) is 0. The van der Waals surface area contributed by atoms with E-state index in [4.69, 9.17) is 9.47 Å². The molecule has 0 saturated carbocycles. The van der Waals surface area contributed by atoms with Crippen LogP contribution in [-0.2, 0) is 16.6 Å². The predicted molar refractivity (Wildman–Crippen MR) is 174 cm³/mol. The molecule has 2 heterocycles. The lowest BCUT2D eigenvalue weighted by atomic mass is 9.71. The summed E-state index contributed by atoms with van der Waals surface area (Å²) < 4.78 is 12.7. The lowest BCUT2D eigenvalue weighted by molar-refractivity contribution is 0.105. The largest absolute Gasteiger partial charge is 0.457 e. The third kappa shape index (κ3) is 4.20. The molecular weight excluding hydrogens is 544 g/mol. The molecule has 0 aromatic heterocycles. The van der Waals surface area contributed by atoms with E-state index in [1.807, 2.05) is 107 Å². The molecule has 0 unspecified atom stereocenters. The second-order valence-electron chi connectivity index (χ2n) is 13.7. The summed E-state index contributed by atoms with van der Waals surface area (Å²) in [6, 6.07) is 29.9. The molecule has 222 valence electrons. The van der Waals surface area contributed by atoms with Crippen LogP contribution in [0.1, 0.15) is 82.0 Å². The highest BCUT2D eigenvalue weighted by molar-refractivity contribution is 5.66. The van der Waals surface area contributed by atoms with Crippen LogP contribution in [0.4, 0.5) is 0 Å². The van der Waals surface area contributed by atoms with Crippen molar-refractivity contribution in [3.8, 4) is 23.0 Å². The maximum atomic E-state index is 13.2. The minimum atomic E-state index is -1.54. The summed E-state index contributed by atoms with van der Waals surface area (Å²) in [6.45, 7) is 14.6. The van der Waals surface area contributed by atoms with Gasteiger partial charge in [0.2, 0.25) is 0 Å². The highest BCUT2D eigenvalue weighted by Crippen LogP contribution is 2.54. The van der Waals surface area contributed by atoms with Crippen molar-refractivity contribution in [2.75, 3.05) is 0 Å². The first-order valence-corrected chi connectivity index (χ1v) is 15.2. The van der Waals surface area contributed by atoms with Crippen molar-refractivity contribution < 1.29 is 19.7 Å². The van der Waals surface area contributed by atoms with Crippen LogP contribution in [0.3, 0.4) is 0 Å². The highest BCUT2D eigenvalue weighted by atomic mass is 16.5. The summed E-state index contributed by atoms with van der Waals surface area (Å²) >= 11 is 0. The Hall–Kier alpha value is -4.38. The topological polar surface area (TPSA) is 58.9 Å². The molecule has 0 saturated heterocycles. The standard InChI is InChI=1S/C40H38O4/c1-23-8-12-34-30(16-23)39(41,31-17-24(2)9-13-35(31)43-34)28-20-27(38(5,6)7)21-29(22-28)40(42)32-18-25(3)10-14-36(32)44-37-15-11-26(4)19-33(37)40/h8-22,41-42H,1-7H3. The number of hydrogen-bond acceptors (Lipinski definition) is 4. The van der Waals surface area contributed by atoms with Gasteiger partial charge in [0.25, 0.3) is 0 Å². The monoisotopic (exact) mass is 582 g/mol. The van der Waals surface area contributed by atoms with Crippen molar-refractivity contribution in [3.63, 3.8) is 0 Å². The Morgan fingerprint density at radius 1 is 0.455 bits per heavy atom. The Labute approximate surface area is 259 Å². The van der Waals surface area contributed by atoms with E-state index in [9.17, 15) is 10.2 Å². The van der Waals surface area contributed by atoms with Crippen molar-refractivity contribution >= 4 is 0 Å². The third-order valence-corrected chi connectivity index (χ3v) is 9.17. The fourth-order valence-corrected chi connectivity index (χ4v) is 6.69. The zero-order valence-corrected chi connectivity index (χ0v) is 26.4. The fourth-order valence-electron chi connectivity index (χ4n) is 6.69. The number of rotatable bonds is 2. The van der Waals surface area contributed by atoms with E-state index in [0.717, 1.165) is 27.8 Å². The summed E-state index contributed by atoms with van der Waals surface area (Å²) in [5, 5.41) is 26.4. The van der Waals surface area contributed by atoms with Crippen molar-refractivity contribution in [1.82, 2.24) is 0 Å². The van der Waals surface area contributed by atoms with Gasteiger partial charge in [0.15, 0.2) is 0 Å². The molecule has 4 nitrogen and oxygen atoms in total. The molecule has 4 heteroatoms. The van der Waals surface area contributed by atoms with E-state index in [1.54, 1.807) is 0 Å². The number of benzene rings is 5. The maximum absolute atomic E-state index is 13.2. The van der Waals surface area contributed by atoms with Gasteiger partial charge in [-0.3, -0.25) is 0 Å². The van der Waals surface area contributed by atoms with Gasteiger partial charge in [-0.05, 0) is 104 Å². The van der Waals surface area contributed by atoms with Crippen LogP contribution in [0, 0.1) is 27.7 Å². The second-order valence-corrected chi connectivity index (χ2v) is 13.7. The van der Waals surface area contributed by atoms with Crippen LogP contribution < -0.4 is 9.47 Å². The van der Waals surface area contributed by atoms with E-state index in [-0.39, 0.29) is 5.41 Å². The zero-order valence-electron chi connectivity index (χ0n) is 26.4. The smallest absolute Gasteiger partial charge is 0.147 e. The van der Waals surface area contributed by atoms with Gasteiger partial charge >= 0.3 is 0 Å². The van der Waals surface area contributed by atoms with E-state index < -0.39 is 11.2 Å². The zero-order chi connectivity index (χ0) is 31.2. The Morgan fingerprint density at radius 2 is 0.750 bits per heavy atom. The molecule has 2 aliphatic heterocycles. The quantitative estimate of drug-likeness (QED) is 0.218. The molecule has 2 aliphatic rings. The van der Waals surface area contributed by atoms with Gasteiger partial charge in [-0.15, -0.1) is 0 Å². The second kappa shape index (κ2) is 9.56. The number of aliphatic hydroxyl groups is 2. The van der Waals surface area contributed by atoms with Gasteiger partial charge in [-0.25, -0.2) is 0 Å². The average molecular weight is 583 g/mol. The molecule has 7 rings (SSSR count). The first-order valence-electron chi connectivity index (χ1n) is 15.2. The molecule has 0 aliphatic carbocycles. The van der Waals surface area contributed by atoms with Gasteiger partial charge in [0.05, 0.1) is 0 Å². The summed E-state index contributed by atoms with van der Waals surface area (Å²) in [6.07, 6.45) is 0. The van der Waals surface area contributed by atoms with Crippen LogP contribution in [0.5, 0.6) is 23.0 Å². The van der Waals surface area contributed by atoms with E-state index >= 15 is 0 Å². The summed E-state index contributed by atoms with van der Waals surface area (Å²) in [5.74, 6) is 2.46. The number of ether oxygens (including phenoxy) is 2. The Kier molecular flexibility index (Phi) is 6.17. The highest BCUT2D eigenvalue weighted by Gasteiger charge is 2.47. The Balaban J connectivity index is 1.59. The molecule has 0 spiro atoms. The third-order valence-electron chi connectivity index (χ3n) is 9.17. The van der Waals surface area contributed by atoms with Crippen LogP contribution in [0.15, 0.2) is 91.0 Å². The number of aryl methyl sites for hydroxylation is 4. The van der Waals surface area contributed by atoms with Gasteiger partial charge in [0, 0.05) is 22.3 Å². The average Bonchev–Trinajstić information content (AvgIpc) is 2.98. The van der Waals surface area contributed by atoms with Gasteiger partial charge in [0.1, 0.15) is 34.2 Å². The number of hydrogen-bond donors (Lipinski definition) is 2. The van der Waals surface area contributed by atoms with Crippen molar-refractivity contribution in [2.24, 2.45) is 0 Å². The first-order chi connectivity index (χ1) is 20.8. The van der Waals surface area contributed by atoms with Crippen LogP contribution in [0.25, 0.3) is 0 Å². The molecule has 2 N–H and O–H groups in total. The number of fused-ring (bicyclic) bond motifs is 4. The van der Waals surface area contributed by atoms with Crippen LogP contribution >= 0.6 is 0 Å². The molecule has 44 heavy (non-hydrogen) atoms. The SMILES string of the molecule is Cc1ccc2c(c1)C(O)(c1cc(C(C)(C)C)cc(C3(O)c4cc(C)ccc4Oc4ccc(C)cc43)c1)c1cc(C)ccc1O2. The van der Waals surface area contributed by atoms with Crippen molar-refractivity contribution in [2.45, 2.75) is 65.1 Å². The molecular formula is C40H38O4. The van der Waals surface area contributed by atoms with Crippen LogP contribution in [-0.4, -0.2) is 10.2 Å². The molecule has 0 amide bonds. The molecule has 0 atom stereocenters. The lowest BCUT2D eigenvalue weighted by Gasteiger charge is -2.40. The van der Waals surface area contributed by atoms with Crippen molar-refractivity contribution in [1.29, 1.82) is 0 Å². The Bertz CT molecular complexity index is 1740. The maximum Gasteiger partial charge on any atom is 0.147 e. The molecule has 0 bridgehead atoms. The molecule has 5 aromatic rings. The van der Waals surface area contributed by atoms with Crippen molar-refractivity contribution in [3.05, 3.63) is 152 Å². The lowest BCUT2D eigenvalue weighted by Crippen LogP contribution is -2.36. The molecule has 0 radical (unpaired) electrons. The minimum Gasteiger partial charge on any atom is -0.457 e. The van der Waals surface area contributed by atoms with E-state index in [0.29, 0.717) is 56.4 Å².